The maximum absolute atomic E-state index is 12.8. The van der Waals surface area contributed by atoms with Crippen molar-refractivity contribution in [3.8, 4) is 0 Å². The van der Waals surface area contributed by atoms with Gasteiger partial charge in [0.15, 0.2) is 5.13 Å². The largest absolute Gasteiger partial charge is 0.342 e. The zero-order valence-electron chi connectivity index (χ0n) is 17.4. The number of hydrogen-bond acceptors (Lipinski definition) is 5. The van der Waals surface area contributed by atoms with E-state index in [2.05, 4.69) is 34.3 Å². The van der Waals surface area contributed by atoms with Crippen molar-refractivity contribution in [3.05, 3.63) is 35.0 Å². The summed E-state index contributed by atoms with van der Waals surface area (Å²) in [5, 5.41) is 4.27. The molecule has 0 aromatic carbocycles. The smallest absolute Gasteiger partial charge is 0.225 e. The molecule has 0 atom stereocenters. The Balaban J connectivity index is 1.33. The van der Waals surface area contributed by atoms with Crippen molar-refractivity contribution in [3.63, 3.8) is 0 Å². The molecule has 1 N–H and O–H groups in total. The van der Waals surface area contributed by atoms with Crippen molar-refractivity contribution in [1.82, 2.24) is 14.9 Å². The number of aryl methyl sites for hydroxylation is 1. The molecule has 5 nitrogen and oxygen atoms in total. The Morgan fingerprint density at radius 2 is 1.97 bits per heavy atom. The molecule has 2 aromatic rings. The predicted molar refractivity (Wildman–Crippen MR) is 119 cm³/mol. The number of amides is 1. The molecule has 29 heavy (non-hydrogen) atoms. The van der Waals surface area contributed by atoms with E-state index in [1.165, 1.54) is 24.1 Å². The number of aromatic nitrogens is 2. The molecule has 0 unspecified atom stereocenters. The molecule has 1 aliphatic heterocycles. The van der Waals surface area contributed by atoms with E-state index in [0.29, 0.717) is 11.8 Å². The highest BCUT2D eigenvalue weighted by atomic mass is 32.1. The summed E-state index contributed by atoms with van der Waals surface area (Å²) in [6, 6.07) is 6.20. The van der Waals surface area contributed by atoms with Gasteiger partial charge in [-0.05, 0) is 44.2 Å². The molecule has 4 rings (SSSR count). The number of pyridine rings is 1. The van der Waals surface area contributed by atoms with Crippen LogP contribution in [0.5, 0.6) is 0 Å². The zero-order chi connectivity index (χ0) is 20.1. The highest BCUT2D eigenvalue weighted by molar-refractivity contribution is 7.15. The van der Waals surface area contributed by atoms with Gasteiger partial charge in [-0.2, -0.15) is 0 Å². The van der Waals surface area contributed by atoms with Gasteiger partial charge in [0.2, 0.25) is 5.91 Å². The first kappa shape index (κ1) is 20.3. The minimum absolute atomic E-state index is 0.279. The fourth-order valence-corrected chi connectivity index (χ4v) is 5.51. The van der Waals surface area contributed by atoms with E-state index in [4.69, 9.17) is 4.98 Å². The van der Waals surface area contributed by atoms with E-state index >= 15 is 0 Å². The molecular weight excluding hydrogens is 380 g/mol. The maximum atomic E-state index is 12.8. The van der Waals surface area contributed by atoms with Crippen LogP contribution >= 0.6 is 11.3 Å². The molecule has 1 amide bonds. The number of carbonyl (C=O) groups excluding carboxylic acids is 1. The maximum Gasteiger partial charge on any atom is 0.225 e. The lowest BCUT2D eigenvalue weighted by Gasteiger charge is -2.35. The Labute approximate surface area is 178 Å². The van der Waals surface area contributed by atoms with Crippen molar-refractivity contribution in [2.45, 2.75) is 70.6 Å². The number of carbonyl (C=O) groups is 1. The van der Waals surface area contributed by atoms with Crippen molar-refractivity contribution < 1.29 is 4.79 Å². The molecule has 1 saturated heterocycles. The Morgan fingerprint density at radius 3 is 2.72 bits per heavy atom. The van der Waals surface area contributed by atoms with Gasteiger partial charge in [-0.1, -0.05) is 38.7 Å². The van der Waals surface area contributed by atoms with Gasteiger partial charge in [-0.15, -0.1) is 11.3 Å². The lowest BCUT2D eigenvalue weighted by atomic mass is 9.86. The first-order valence-electron chi connectivity index (χ1n) is 11.2. The van der Waals surface area contributed by atoms with Crippen molar-refractivity contribution in [2.75, 3.05) is 18.4 Å². The van der Waals surface area contributed by atoms with Crippen LogP contribution in [-0.2, 0) is 11.2 Å². The second-order valence-corrected chi connectivity index (χ2v) is 9.50. The van der Waals surface area contributed by atoms with Gasteiger partial charge in [-0.3, -0.25) is 4.79 Å². The van der Waals surface area contributed by atoms with Gasteiger partial charge < -0.3 is 10.2 Å². The van der Waals surface area contributed by atoms with E-state index < -0.39 is 0 Å². The van der Waals surface area contributed by atoms with Crippen LogP contribution in [0.3, 0.4) is 0 Å². The number of likely N-dealkylation sites (tertiary alicyclic amines) is 1. The molecule has 0 radical (unpaired) electrons. The number of nitrogens with zero attached hydrogens (tertiary/aromatic N) is 3. The first-order chi connectivity index (χ1) is 14.2. The minimum Gasteiger partial charge on any atom is -0.342 e. The third-order valence-corrected chi connectivity index (χ3v) is 7.21. The normalized spacial score (nSPS) is 18.7. The van der Waals surface area contributed by atoms with Gasteiger partial charge in [0, 0.05) is 41.7 Å². The van der Waals surface area contributed by atoms with Gasteiger partial charge in [0.05, 0.1) is 0 Å². The van der Waals surface area contributed by atoms with E-state index in [-0.39, 0.29) is 5.92 Å². The number of hydrogen-bond donors (Lipinski definition) is 1. The van der Waals surface area contributed by atoms with Gasteiger partial charge in [0.1, 0.15) is 5.82 Å². The standard InChI is InChI=1S/C23H32N4OS/c1-2-7-19-16-24-23(29-19)26-21-11-6-10-20(25-21)17-12-14-27(15-13-17)22(28)18-8-4-3-5-9-18/h6,10-11,16-18H,2-5,7-9,12-15H2,1H3,(H,24,25,26). The number of anilines is 2. The summed E-state index contributed by atoms with van der Waals surface area (Å²) in [5.74, 6) is 1.97. The average molecular weight is 413 g/mol. The number of thiazole rings is 1. The van der Waals surface area contributed by atoms with Crippen LogP contribution in [0.1, 0.15) is 74.8 Å². The predicted octanol–water partition coefficient (Wildman–Crippen LogP) is 5.52. The molecule has 2 fully saturated rings. The average Bonchev–Trinajstić information content (AvgIpc) is 3.21. The highest BCUT2D eigenvalue weighted by Crippen LogP contribution is 2.31. The van der Waals surface area contributed by atoms with E-state index in [0.717, 1.165) is 68.3 Å². The second kappa shape index (κ2) is 9.70. The summed E-state index contributed by atoms with van der Waals surface area (Å²) < 4.78 is 0. The highest BCUT2D eigenvalue weighted by Gasteiger charge is 2.30. The fourth-order valence-electron chi connectivity index (χ4n) is 4.59. The van der Waals surface area contributed by atoms with Crippen LogP contribution in [0.25, 0.3) is 0 Å². The molecule has 0 spiro atoms. The topological polar surface area (TPSA) is 58.1 Å². The Kier molecular flexibility index (Phi) is 6.80. The summed E-state index contributed by atoms with van der Waals surface area (Å²) in [4.78, 5) is 25.5. The third kappa shape index (κ3) is 5.16. The molecule has 6 heteroatoms. The lowest BCUT2D eigenvalue weighted by Crippen LogP contribution is -2.42. The quantitative estimate of drug-likeness (QED) is 0.679. The Hall–Kier alpha value is -1.95. The molecule has 3 heterocycles. The van der Waals surface area contributed by atoms with Crippen LogP contribution in [0.4, 0.5) is 10.9 Å². The molecular formula is C23H32N4OS. The number of piperidine rings is 1. The number of nitrogens with one attached hydrogen (secondary N) is 1. The number of rotatable bonds is 6. The van der Waals surface area contributed by atoms with E-state index in [1.54, 1.807) is 11.3 Å². The van der Waals surface area contributed by atoms with Crippen LogP contribution in [0.15, 0.2) is 24.4 Å². The van der Waals surface area contributed by atoms with E-state index in [1.807, 2.05) is 12.3 Å². The van der Waals surface area contributed by atoms with Crippen LogP contribution in [0.2, 0.25) is 0 Å². The Bertz CT molecular complexity index is 807. The van der Waals surface area contributed by atoms with Crippen LogP contribution in [-0.4, -0.2) is 33.9 Å². The monoisotopic (exact) mass is 412 g/mol. The lowest BCUT2D eigenvalue weighted by molar-refractivity contribution is -0.137. The molecule has 156 valence electrons. The molecule has 2 aliphatic rings. The second-order valence-electron chi connectivity index (χ2n) is 8.39. The summed E-state index contributed by atoms with van der Waals surface area (Å²) in [6.07, 6.45) is 12.1. The SMILES string of the molecule is CCCc1cnc(Nc2cccc(C3CCN(C(=O)C4CCCCC4)CC3)n2)s1. The summed E-state index contributed by atoms with van der Waals surface area (Å²) >= 11 is 1.70. The molecule has 0 bridgehead atoms. The summed E-state index contributed by atoms with van der Waals surface area (Å²) in [5.41, 5.74) is 1.13. The molecule has 1 aliphatic carbocycles. The Morgan fingerprint density at radius 1 is 1.17 bits per heavy atom. The van der Waals surface area contributed by atoms with Crippen molar-refractivity contribution in [1.29, 1.82) is 0 Å². The third-order valence-electron chi connectivity index (χ3n) is 6.23. The fraction of sp³-hybridized carbons (Fsp3) is 0.609. The summed E-state index contributed by atoms with van der Waals surface area (Å²) in [6.45, 7) is 3.92. The van der Waals surface area contributed by atoms with Crippen molar-refractivity contribution >= 4 is 28.2 Å². The first-order valence-corrected chi connectivity index (χ1v) is 12.0. The van der Waals surface area contributed by atoms with Gasteiger partial charge in [0.25, 0.3) is 0 Å². The summed E-state index contributed by atoms with van der Waals surface area (Å²) in [7, 11) is 0. The van der Waals surface area contributed by atoms with Crippen LogP contribution < -0.4 is 5.32 Å². The van der Waals surface area contributed by atoms with Gasteiger partial charge >= 0.3 is 0 Å². The minimum atomic E-state index is 0.279. The molecule has 2 aromatic heterocycles. The molecule has 1 saturated carbocycles. The van der Waals surface area contributed by atoms with E-state index in [9.17, 15) is 4.79 Å². The van der Waals surface area contributed by atoms with Crippen molar-refractivity contribution in [2.24, 2.45) is 5.92 Å². The van der Waals surface area contributed by atoms with Crippen LogP contribution in [0, 0.1) is 5.92 Å². The zero-order valence-corrected chi connectivity index (χ0v) is 18.2. The van der Waals surface area contributed by atoms with Gasteiger partial charge in [-0.25, -0.2) is 9.97 Å².